The van der Waals surface area contributed by atoms with Crippen molar-refractivity contribution in [2.75, 3.05) is 6.61 Å². The Hall–Kier alpha value is -1.70. The van der Waals surface area contributed by atoms with Crippen LogP contribution in [0.3, 0.4) is 0 Å². The molecule has 1 saturated heterocycles. The third-order valence-electron chi connectivity index (χ3n) is 4.21. The number of hydrogen-bond acceptors (Lipinski definition) is 5. The van der Waals surface area contributed by atoms with Gasteiger partial charge in [-0.1, -0.05) is 31.9 Å². The summed E-state index contributed by atoms with van der Waals surface area (Å²) in [4.78, 5) is 26.2. The van der Waals surface area contributed by atoms with E-state index in [4.69, 9.17) is 9.84 Å². The molecule has 1 aliphatic rings. The van der Waals surface area contributed by atoms with E-state index in [9.17, 15) is 14.7 Å². The Labute approximate surface area is 140 Å². The molecular weight excluding hydrogens is 312 g/mol. The van der Waals surface area contributed by atoms with Gasteiger partial charge in [-0.3, -0.25) is 14.3 Å². The van der Waals surface area contributed by atoms with Gasteiger partial charge in [0, 0.05) is 18.2 Å². The highest BCUT2D eigenvalue weighted by Gasteiger charge is 2.35. The first-order valence-corrected chi connectivity index (χ1v) is 8.50. The average Bonchev–Trinajstić information content (AvgIpc) is 2.93. The second-order valence-corrected chi connectivity index (χ2v) is 6.11. The van der Waals surface area contributed by atoms with E-state index in [1.165, 1.54) is 23.6 Å². The van der Waals surface area contributed by atoms with Crippen LogP contribution in [-0.2, 0) is 11.2 Å². The Morgan fingerprint density at radius 2 is 2.17 bits per heavy atom. The van der Waals surface area contributed by atoms with Crippen molar-refractivity contribution >= 4 is 0 Å². The summed E-state index contributed by atoms with van der Waals surface area (Å²) in [5.41, 5.74) is -0.523. The summed E-state index contributed by atoms with van der Waals surface area (Å²) in [5, 5.41) is 18.9. The lowest BCUT2D eigenvalue weighted by molar-refractivity contribution is -0.0459. The van der Waals surface area contributed by atoms with Crippen molar-refractivity contribution in [3.05, 3.63) is 44.8 Å². The Bertz CT molecular complexity index is 664. The van der Waals surface area contributed by atoms with E-state index in [2.05, 4.69) is 11.9 Å². The van der Waals surface area contributed by atoms with E-state index >= 15 is 0 Å². The Morgan fingerprint density at radius 3 is 2.83 bits per heavy atom. The summed E-state index contributed by atoms with van der Waals surface area (Å²) in [6.07, 6.45) is 8.30. The minimum Gasteiger partial charge on any atom is -0.394 e. The highest BCUT2D eigenvalue weighted by Crippen LogP contribution is 2.27. The predicted molar refractivity (Wildman–Crippen MR) is 89.9 cm³/mol. The molecule has 1 aromatic heterocycles. The van der Waals surface area contributed by atoms with E-state index in [0.717, 1.165) is 12.8 Å². The van der Waals surface area contributed by atoms with Gasteiger partial charge in [-0.2, -0.15) is 0 Å². The standard InChI is InChI=1S/C17H26N2O5/c1-2-3-4-5-6-7-8-12-10-19(17(23)18-16(12)22)15-9-13(21)14(11-20)24-15/h6-7,10,13-15,20-21H,2-5,8-9,11H2,1H3,(H,18,22,23)/b7-6+/t13-,14+,15+/m0/s1. The normalized spacial score (nSPS) is 24.0. The monoisotopic (exact) mass is 338 g/mol. The number of aliphatic hydroxyl groups is 2. The molecule has 0 saturated carbocycles. The number of aromatic amines is 1. The van der Waals surface area contributed by atoms with E-state index in [-0.39, 0.29) is 13.0 Å². The van der Waals surface area contributed by atoms with Crippen LogP contribution in [0.1, 0.15) is 50.8 Å². The van der Waals surface area contributed by atoms with Crippen molar-refractivity contribution in [3.63, 3.8) is 0 Å². The number of rotatable bonds is 8. The highest BCUT2D eigenvalue weighted by molar-refractivity contribution is 5.10. The van der Waals surface area contributed by atoms with Gasteiger partial charge in [0.2, 0.25) is 0 Å². The second kappa shape index (κ2) is 8.96. The van der Waals surface area contributed by atoms with Crippen molar-refractivity contribution in [2.24, 2.45) is 0 Å². The first-order chi connectivity index (χ1) is 11.6. The van der Waals surface area contributed by atoms with Gasteiger partial charge in [-0.05, 0) is 19.3 Å². The number of aliphatic hydroxyl groups excluding tert-OH is 2. The molecule has 7 heteroatoms. The molecule has 134 valence electrons. The number of hydrogen-bond donors (Lipinski definition) is 3. The fourth-order valence-electron chi connectivity index (χ4n) is 2.78. The summed E-state index contributed by atoms with van der Waals surface area (Å²) in [5.74, 6) is 0. The third-order valence-corrected chi connectivity index (χ3v) is 4.21. The molecule has 0 bridgehead atoms. The zero-order valence-electron chi connectivity index (χ0n) is 14.0. The van der Waals surface area contributed by atoms with Crippen molar-refractivity contribution < 1.29 is 14.9 Å². The lowest BCUT2D eigenvalue weighted by Gasteiger charge is -2.15. The van der Waals surface area contributed by atoms with Crippen molar-refractivity contribution in [2.45, 2.75) is 63.9 Å². The molecule has 1 fully saturated rings. The lowest BCUT2D eigenvalue weighted by atomic mass is 10.1. The number of nitrogens with one attached hydrogen (secondary N) is 1. The van der Waals surface area contributed by atoms with Crippen LogP contribution in [0.5, 0.6) is 0 Å². The summed E-state index contributed by atoms with van der Waals surface area (Å²) < 4.78 is 6.76. The predicted octanol–water partition coefficient (Wildman–Crippen LogP) is 0.856. The largest absolute Gasteiger partial charge is 0.394 e. The van der Waals surface area contributed by atoms with Crippen molar-refractivity contribution in [1.82, 2.24) is 9.55 Å². The first-order valence-electron chi connectivity index (χ1n) is 8.50. The van der Waals surface area contributed by atoms with Crippen LogP contribution in [0.4, 0.5) is 0 Å². The summed E-state index contributed by atoms with van der Waals surface area (Å²) >= 11 is 0. The van der Waals surface area contributed by atoms with E-state index < -0.39 is 29.7 Å². The summed E-state index contributed by atoms with van der Waals surface area (Å²) in [6.45, 7) is 1.83. The molecule has 3 N–H and O–H groups in total. The molecule has 2 heterocycles. The minimum absolute atomic E-state index is 0.198. The smallest absolute Gasteiger partial charge is 0.330 e. The van der Waals surface area contributed by atoms with E-state index in [1.54, 1.807) is 0 Å². The number of aromatic nitrogens is 2. The Morgan fingerprint density at radius 1 is 1.38 bits per heavy atom. The molecule has 0 unspecified atom stereocenters. The maximum atomic E-state index is 12.0. The quantitative estimate of drug-likeness (QED) is 0.482. The van der Waals surface area contributed by atoms with Gasteiger partial charge in [-0.25, -0.2) is 4.79 Å². The number of allylic oxidation sites excluding steroid dienone is 2. The maximum absolute atomic E-state index is 12.0. The van der Waals surface area contributed by atoms with Crippen LogP contribution in [-0.4, -0.2) is 38.6 Å². The molecule has 0 spiro atoms. The molecule has 7 nitrogen and oxygen atoms in total. The van der Waals surface area contributed by atoms with Crippen molar-refractivity contribution in [1.29, 1.82) is 0 Å². The van der Waals surface area contributed by atoms with E-state index in [1.807, 2.05) is 12.2 Å². The van der Waals surface area contributed by atoms with Crippen LogP contribution >= 0.6 is 0 Å². The highest BCUT2D eigenvalue weighted by atomic mass is 16.5. The zero-order valence-corrected chi connectivity index (χ0v) is 14.0. The van der Waals surface area contributed by atoms with Gasteiger partial charge in [0.05, 0.1) is 12.7 Å². The molecule has 24 heavy (non-hydrogen) atoms. The molecule has 1 aromatic rings. The topological polar surface area (TPSA) is 105 Å². The van der Waals surface area contributed by atoms with E-state index in [0.29, 0.717) is 12.0 Å². The molecule has 0 amide bonds. The molecule has 1 aliphatic heterocycles. The fourth-order valence-corrected chi connectivity index (χ4v) is 2.78. The van der Waals surface area contributed by atoms with Gasteiger partial charge >= 0.3 is 5.69 Å². The first kappa shape index (κ1) is 18.6. The summed E-state index contributed by atoms with van der Waals surface area (Å²) in [7, 11) is 0. The lowest BCUT2D eigenvalue weighted by Crippen LogP contribution is -2.34. The van der Waals surface area contributed by atoms with Crippen LogP contribution in [0.25, 0.3) is 0 Å². The Balaban J connectivity index is 2.08. The van der Waals surface area contributed by atoms with Crippen LogP contribution in [0, 0.1) is 0 Å². The van der Waals surface area contributed by atoms with Gasteiger partial charge in [-0.15, -0.1) is 0 Å². The summed E-state index contributed by atoms with van der Waals surface area (Å²) in [6, 6.07) is 0. The van der Waals surface area contributed by atoms with Crippen LogP contribution in [0.2, 0.25) is 0 Å². The molecular formula is C17H26N2O5. The average molecular weight is 338 g/mol. The van der Waals surface area contributed by atoms with Crippen LogP contribution < -0.4 is 11.2 Å². The van der Waals surface area contributed by atoms with Gasteiger partial charge < -0.3 is 14.9 Å². The molecule has 0 aliphatic carbocycles. The number of nitrogens with zero attached hydrogens (tertiary/aromatic N) is 1. The van der Waals surface area contributed by atoms with Gasteiger partial charge in [0.15, 0.2) is 0 Å². The van der Waals surface area contributed by atoms with Crippen molar-refractivity contribution in [3.8, 4) is 0 Å². The third kappa shape index (κ3) is 4.66. The van der Waals surface area contributed by atoms with Gasteiger partial charge in [0.25, 0.3) is 5.56 Å². The number of ether oxygens (including phenoxy) is 1. The molecule has 2 rings (SSSR count). The fraction of sp³-hybridized carbons (Fsp3) is 0.647. The van der Waals surface area contributed by atoms with Crippen LogP contribution in [0.15, 0.2) is 27.9 Å². The van der Waals surface area contributed by atoms with Gasteiger partial charge in [0.1, 0.15) is 12.3 Å². The Kier molecular flexibility index (Phi) is 6.96. The molecule has 0 aromatic carbocycles. The molecule has 0 radical (unpaired) electrons. The minimum atomic E-state index is -0.833. The SMILES string of the molecule is CCCCC/C=C/Cc1cn([C@H]2C[C@H](O)[C@@H](CO)O2)c(=O)[nH]c1=O. The molecule has 3 atom stereocenters. The zero-order chi connectivity index (χ0) is 17.5. The number of H-pyrrole nitrogens is 1. The number of unbranched alkanes of at least 4 members (excludes halogenated alkanes) is 3. The second-order valence-electron chi connectivity index (χ2n) is 6.11. The maximum Gasteiger partial charge on any atom is 0.330 e.